The van der Waals surface area contributed by atoms with Crippen LogP contribution < -0.4 is 0 Å². The van der Waals surface area contributed by atoms with Crippen LogP contribution in [0, 0.1) is 0 Å². The lowest BCUT2D eigenvalue weighted by Gasteiger charge is -2.02. The van der Waals surface area contributed by atoms with E-state index >= 15 is 0 Å². The van der Waals surface area contributed by atoms with Crippen molar-refractivity contribution in [1.29, 1.82) is 0 Å². The fraction of sp³-hybridized carbons (Fsp3) is 0.125. The van der Waals surface area contributed by atoms with Gasteiger partial charge in [0.1, 0.15) is 0 Å². The molecule has 4 nitrogen and oxygen atoms in total. The maximum absolute atomic E-state index is 5.89. The van der Waals surface area contributed by atoms with Gasteiger partial charge < -0.3 is 0 Å². The Kier molecular flexibility index (Phi) is 2.39. The Balaban J connectivity index is 2.62. The lowest BCUT2D eigenvalue weighted by Crippen LogP contribution is -1.95. The third-order valence-corrected chi connectivity index (χ3v) is 2.28. The van der Waals surface area contributed by atoms with Crippen LogP contribution in [0.15, 0.2) is 18.3 Å². The quantitative estimate of drug-likeness (QED) is 0.752. The van der Waals surface area contributed by atoms with Gasteiger partial charge in [-0.2, -0.15) is 5.10 Å². The van der Waals surface area contributed by atoms with Crippen LogP contribution in [-0.2, 0) is 7.05 Å². The molecule has 14 heavy (non-hydrogen) atoms. The zero-order valence-corrected chi connectivity index (χ0v) is 8.79. The number of hydrogen-bond acceptors (Lipinski definition) is 3. The van der Waals surface area contributed by atoms with Gasteiger partial charge >= 0.3 is 0 Å². The van der Waals surface area contributed by atoms with Crippen molar-refractivity contribution in [2.45, 2.75) is 0 Å². The first-order valence-corrected chi connectivity index (χ1v) is 4.61. The van der Waals surface area contributed by atoms with Crippen molar-refractivity contribution in [1.82, 2.24) is 20.0 Å². The molecule has 0 amide bonds. The standard InChI is InChI=1S/C8H6Cl2N4/c1-14-6(2-3-11-14)5-4-7(9)12-13-8(5)10/h2-4H,1H3. The highest BCUT2D eigenvalue weighted by Crippen LogP contribution is 2.26. The molecule has 0 saturated heterocycles. The first-order chi connectivity index (χ1) is 6.68. The molecular formula is C8H6Cl2N4. The van der Waals surface area contributed by atoms with Crippen LogP contribution in [0.4, 0.5) is 0 Å². The molecule has 0 unspecified atom stereocenters. The molecule has 0 spiro atoms. The van der Waals surface area contributed by atoms with E-state index in [1.165, 1.54) is 0 Å². The Bertz CT molecular complexity index is 466. The summed E-state index contributed by atoms with van der Waals surface area (Å²) in [7, 11) is 1.82. The molecule has 6 heteroatoms. The average Bonchev–Trinajstić information content (AvgIpc) is 2.56. The third-order valence-electron chi connectivity index (χ3n) is 1.82. The molecule has 2 rings (SSSR count). The molecule has 0 aromatic carbocycles. The van der Waals surface area contributed by atoms with Gasteiger partial charge in [-0.15, -0.1) is 10.2 Å². The van der Waals surface area contributed by atoms with Gasteiger partial charge in [0.2, 0.25) is 0 Å². The predicted octanol–water partition coefficient (Wildman–Crippen LogP) is 2.18. The smallest absolute Gasteiger partial charge is 0.161 e. The summed E-state index contributed by atoms with van der Waals surface area (Å²) >= 11 is 11.6. The first-order valence-electron chi connectivity index (χ1n) is 3.85. The van der Waals surface area contributed by atoms with Crippen molar-refractivity contribution in [2.75, 3.05) is 0 Å². The lowest BCUT2D eigenvalue weighted by molar-refractivity contribution is 0.775. The average molecular weight is 229 g/mol. The summed E-state index contributed by atoms with van der Waals surface area (Å²) in [6.07, 6.45) is 1.68. The fourth-order valence-electron chi connectivity index (χ4n) is 1.17. The van der Waals surface area contributed by atoms with Gasteiger partial charge in [0.05, 0.1) is 5.69 Å². The number of rotatable bonds is 1. The van der Waals surface area contributed by atoms with Gasteiger partial charge in [0, 0.05) is 18.8 Å². The summed E-state index contributed by atoms with van der Waals surface area (Å²) in [5.74, 6) is 0. The number of halogens is 2. The zero-order valence-electron chi connectivity index (χ0n) is 7.28. The van der Waals surface area contributed by atoms with E-state index < -0.39 is 0 Å². The summed E-state index contributed by atoms with van der Waals surface area (Å²) in [5, 5.41) is 12.0. The summed E-state index contributed by atoms with van der Waals surface area (Å²) in [6.45, 7) is 0. The van der Waals surface area contributed by atoms with Crippen LogP contribution >= 0.6 is 23.2 Å². The number of hydrogen-bond donors (Lipinski definition) is 0. The molecule has 2 aromatic heterocycles. The SMILES string of the molecule is Cn1nccc1-c1cc(Cl)nnc1Cl. The van der Waals surface area contributed by atoms with E-state index in [1.54, 1.807) is 16.9 Å². The van der Waals surface area contributed by atoms with E-state index in [0.29, 0.717) is 10.3 Å². The Labute approximate surface area is 90.5 Å². The normalized spacial score (nSPS) is 10.5. The highest BCUT2D eigenvalue weighted by molar-refractivity contribution is 6.33. The van der Waals surface area contributed by atoms with Crippen molar-refractivity contribution in [3.8, 4) is 11.3 Å². The molecule has 2 heterocycles. The zero-order chi connectivity index (χ0) is 10.1. The van der Waals surface area contributed by atoms with Crippen LogP contribution in [0.2, 0.25) is 10.3 Å². The summed E-state index contributed by atoms with van der Waals surface area (Å²) in [5.41, 5.74) is 1.58. The van der Waals surface area contributed by atoms with Crippen LogP contribution in [0.25, 0.3) is 11.3 Å². The van der Waals surface area contributed by atoms with Crippen molar-refractivity contribution in [3.05, 3.63) is 28.6 Å². The first kappa shape index (κ1) is 9.43. The maximum Gasteiger partial charge on any atom is 0.161 e. The molecular weight excluding hydrogens is 223 g/mol. The lowest BCUT2D eigenvalue weighted by atomic mass is 10.2. The molecule has 0 fully saturated rings. The topological polar surface area (TPSA) is 43.6 Å². The molecule has 0 bridgehead atoms. The summed E-state index contributed by atoms with van der Waals surface area (Å²) < 4.78 is 1.69. The molecule has 0 atom stereocenters. The van der Waals surface area contributed by atoms with Gasteiger partial charge in [-0.25, -0.2) is 0 Å². The summed E-state index contributed by atoms with van der Waals surface area (Å²) in [6, 6.07) is 3.49. The number of aryl methyl sites for hydroxylation is 1. The van der Waals surface area contributed by atoms with Crippen molar-refractivity contribution < 1.29 is 0 Å². The fourth-order valence-corrected chi connectivity index (χ4v) is 1.51. The van der Waals surface area contributed by atoms with E-state index in [1.807, 2.05) is 13.1 Å². The Morgan fingerprint density at radius 3 is 2.71 bits per heavy atom. The summed E-state index contributed by atoms with van der Waals surface area (Å²) in [4.78, 5) is 0. The van der Waals surface area contributed by atoms with Crippen LogP contribution in [0.1, 0.15) is 0 Å². The van der Waals surface area contributed by atoms with Crippen LogP contribution in [-0.4, -0.2) is 20.0 Å². The van der Waals surface area contributed by atoms with Gasteiger partial charge in [-0.3, -0.25) is 4.68 Å². The van der Waals surface area contributed by atoms with Crippen LogP contribution in [0.3, 0.4) is 0 Å². The Hall–Kier alpha value is -1.13. The highest BCUT2D eigenvalue weighted by Gasteiger charge is 2.09. The second kappa shape index (κ2) is 3.55. The second-order valence-corrected chi connectivity index (χ2v) is 3.46. The second-order valence-electron chi connectivity index (χ2n) is 2.71. The van der Waals surface area contributed by atoms with Crippen molar-refractivity contribution in [3.63, 3.8) is 0 Å². The minimum atomic E-state index is 0.311. The van der Waals surface area contributed by atoms with E-state index in [2.05, 4.69) is 15.3 Å². The van der Waals surface area contributed by atoms with Gasteiger partial charge in [0.25, 0.3) is 0 Å². The molecule has 2 aromatic rings. The monoisotopic (exact) mass is 228 g/mol. The van der Waals surface area contributed by atoms with E-state index in [-0.39, 0.29) is 0 Å². The molecule has 0 N–H and O–H groups in total. The Morgan fingerprint density at radius 2 is 2.07 bits per heavy atom. The third kappa shape index (κ3) is 1.58. The maximum atomic E-state index is 5.89. The Morgan fingerprint density at radius 1 is 1.29 bits per heavy atom. The molecule has 0 aliphatic rings. The van der Waals surface area contributed by atoms with Gasteiger partial charge in [-0.1, -0.05) is 23.2 Å². The largest absolute Gasteiger partial charge is 0.268 e. The highest BCUT2D eigenvalue weighted by atomic mass is 35.5. The number of aromatic nitrogens is 4. The molecule has 0 saturated carbocycles. The number of nitrogens with zero attached hydrogens (tertiary/aromatic N) is 4. The van der Waals surface area contributed by atoms with Crippen molar-refractivity contribution in [2.24, 2.45) is 7.05 Å². The van der Waals surface area contributed by atoms with Gasteiger partial charge in [0.15, 0.2) is 10.3 Å². The van der Waals surface area contributed by atoms with Gasteiger partial charge in [-0.05, 0) is 12.1 Å². The molecule has 0 radical (unpaired) electrons. The van der Waals surface area contributed by atoms with Crippen molar-refractivity contribution >= 4 is 23.2 Å². The minimum Gasteiger partial charge on any atom is -0.268 e. The van der Waals surface area contributed by atoms with Crippen LogP contribution in [0.5, 0.6) is 0 Å². The molecule has 0 aliphatic heterocycles. The predicted molar refractivity (Wildman–Crippen MR) is 54.3 cm³/mol. The molecule has 72 valence electrons. The van der Waals surface area contributed by atoms with E-state index in [0.717, 1.165) is 11.3 Å². The van der Waals surface area contributed by atoms with E-state index in [9.17, 15) is 0 Å². The minimum absolute atomic E-state index is 0.311. The van der Waals surface area contributed by atoms with E-state index in [4.69, 9.17) is 23.2 Å². The molecule has 0 aliphatic carbocycles.